The summed E-state index contributed by atoms with van der Waals surface area (Å²) in [6.45, 7) is 2.98. The number of anilines is 1. The van der Waals surface area contributed by atoms with Crippen LogP contribution in [0.15, 0.2) is 42.0 Å². The lowest BCUT2D eigenvalue weighted by molar-refractivity contribution is 0.918. The lowest BCUT2D eigenvalue weighted by Crippen LogP contribution is -2.02. The SMILES string of the molecule is CCCc1ccccc1NCc1cn2ccsc2n1. The largest absolute Gasteiger partial charge is 0.379 e. The number of imidazole rings is 1. The second-order valence-electron chi connectivity index (χ2n) is 4.59. The Balaban J connectivity index is 1.73. The van der Waals surface area contributed by atoms with E-state index in [0.29, 0.717) is 0 Å². The highest BCUT2D eigenvalue weighted by Gasteiger charge is 2.04. The van der Waals surface area contributed by atoms with Gasteiger partial charge in [0.1, 0.15) is 0 Å². The van der Waals surface area contributed by atoms with Crippen molar-refractivity contribution >= 4 is 22.0 Å². The summed E-state index contributed by atoms with van der Waals surface area (Å²) < 4.78 is 2.07. The number of rotatable bonds is 5. The fourth-order valence-corrected chi connectivity index (χ4v) is 2.95. The molecule has 0 amide bonds. The third kappa shape index (κ3) is 2.63. The van der Waals surface area contributed by atoms with E-state index in [4.69, 9.17) is 0 Å². The summed E-state index contributed by atoms with van der Waals surface area (Å²) in [5, 5.41) is 5.55. The molecule has 98 valence electrons. The fraction of sp³-hybridized carbons (Fsp3) is 0.267. The van der Waals surface area contributed by atoms with Crippen LogP contribution >= 0.6 is 11.3 Å². The van der Waals surface area contributed by atoms with Gasteiger partial charge < -0.3 is 5.32 Å². The van der Waals surface area contributed by atoms with Gasteiger partial charge in [-0.3, -0.25) is 4.40 Å². The van der Waals surface area contributed by atoms with Gasteiger partial charge in [-0.05, 0) is 18.1 Å². The normalized spacial score (nSPS) is 11.0. The van der Waals surface area contributed by atoms with Gasteiger partial charge in [-0.1, -0.05) is 31.5 Å². The highest BCUT2D eigenvalue weighted by atomic mass is 32.1. The van der Waals surface area contributed by atoms with Gasteiger partial charge in [-0.2, -0.15) is 0 Å². The van der Waals surface area contributed by atoms with Crippen molar-refractivity contribution < 1.29 is 0 Å². The summed E-state index contributed by atoms with van der Waals surface area (Å²) in [7, 11) is 0. The Morgan fingerprint density at radius 3 is 3.05 bits per heavy atom. The van der Waals surface area contributed by atoms with E-state index in [1.807, 2.05) is 6.20 Å². The van der Waals surface area contributed by atoms with E-state index in [0.717, 1.165) is 23.6 Å². The molecule has 2 aromatic heterocycles. The van der Waals surface area contributed by atoms with Crippen molar-refractivity contribution in [2.75, 3.05) is 5.32 Å². The lowest BCUT2D eigenvalue weighted by atomic mass is 10.1. The Hall–Kier alpha value is -1.81. The number of nitrogens with zero attached hydrogens (tertiary/aromatic N) is 2. The predicted molar refractivity (Wildman–Crippen MR) is 80.8 cm³/mol. The van der Waals surface area contributed by atoms with Gasteiger partial charge in [0.15, 0.2) is 4.96 Å². The molecule has 0 aliphatic heterocycles. The summed E-state index contributed by atoms with van der Waals surface area (Å²) in [5.74, 6) is 0. The number of fused-ring (bicyclic) bond motifs is 1. The van der Waals surface area contributed by atoms with Crippen molar-refractivity contribution in [3.05, 3.63) is 53.3 Å². The zero-order valence-electron chi connectivity index (χ0n) is 11.0. The van der Waals surface area contributed by atoms with E-state index in [-0.39, 0.29) is 0 Å². The molecule has 2 heterocycles. The van der Waals surface area contributed by atoms with Crippen molar-refractivity contribution in [1.82, 2.24) is 9.38 Å². The number of hydrogen-bond acceptors (Lipinski definition) is 3. The topological polar surface area (TPSA) is 29.3 Å². The maximum atomic E-state index is 4.58. The van der Waals surface area contributed by atoms with Gasteiger partial charge in [0.05, 0.1) is 12.2 Å². The Labute approximate surface area is 116 Å². The highest BCUT2D eigenvalue weighted by Crippen LogP contribution is 2.18. The second-order valence-corrected chi connectivity index (χ2v) is 5.46. The van der Waals surface area contributed by atoms with Crippen molar-refractivity contribution in [1.29, 1.82) is 0 Å². The molecule has 0 spiro atoms. The van der Waals surface area contributed by atoms with Crippen LogP contribution in [0.1, 0.15) is 24.6 Å². The van der Waals surface area contributed by atoms with Crippen molar-refractivity contribution in [3.63, 3.8) is 0 Å². The van der Waals surface area contributed by atoms with Crippen molar-refractivity contribution in [2.45, 2.75) is 26.3 Å². The molecule has 1 N–H and O–H groups in total. The molecule has 3 nitrogen and oxygen atoms in total. The summed E-state index contributed by atoms with van der Waals surface area (Å²) in [6, 6.07) is 8.51. The zero-order valence-corrected chi connectivity index (χ0v) is 11.8. The van der Waals surface area contributed by atoms with Crippen LogP contribution in [0.3, 0.4) is 0 Å². The minimum Gasteiger partial charge on any atom is -0.379 e. The average Bonchev–Trinajstić information content (AvgIpc) is 2.99. The molecular formula is C15H17N3S. The molecule has 0 aliphatic rings. The van der Waals surface area contributed by atoms with Gasteiger partial charge >= 0.3 is 0 Å². The Morgan fingerprint density at radius 2 is 2.21 bits per heavy atom. The number of aromatic nitrogens is 2. The quantitative estimate of drug-likeness (QED) is 0.761. The first kappa shape index (κ1) is 12.2. The molecule has 0 atom stereocenters. The van der Waals surface area contributed by atoms with Crippen LogP contribution in [0.4, 0.5) is 5.69 Å². The van der Waals surface area contributed by atoms with Crippen LogP contribution in [-0.2, 0) is 13.0 Å². The minimum atomic E-state index is 0.773. The third-order valence-corrected chi connectivity index (χ3v) is 3.91. The van der Waals surface area contributed by atoms with E-state index in [9.17, 15) is 0 Å². The molecule has 0 saturated carbocycles. The predicted octanol–water partition coefficient (Wildman–Crippen LogP) is 3.96. The molecule has 3 rings (SSSR count). The van der Waals surface area contributed by atoms with Gasteiger partial charge in [-0.15, -0.1) is 11.3 Å². The van der Waals surface area contributed by atoms with E-state index < -0.39 is 0 Å². The molecular weight excluding hydrogens is 254 g/mol. The molecule has 0 radical (unpaired) electrons. The van der Waals surface area contributed by atoms with Gasteiger partial charge in [-0.25, -0.2) is 4.98 Å². The van der Waals surface area contributed by atoms with E-state index >= 15 is 0 Å². The molecule has 3 aromatic rings. The van der Waals surface area contributed by atoms with E-state index in [2.05, 4.69) is 57.5 Å². The molecule has 0 fully saturated rings. The molecule has 4 heteroatoms. The van der Waals surface area contributed by atoms with Crippen LogP contribution in [0.25, 0.3) is 4.96 Å². The fourth-order valence-electron chi connectivity index (χ4n) is 2.23. The number of thiazole rings is 1. The number of hydrogen-bond donors (Lipinski definition) is 1. The molecule has 1 aromatic carbocycles. The molecule has 0 bridgehead atoms. The third-order valence-electron chi connectivity index (χ3n) is 3.14. The van der Waals surface area contributed by atoms with Crippen LogP contribution in [0.2, 0.25) is 0 Å². The monoisotopic (exact) mass is 271 g/mol. The Kier molecular flexibility index (Phi) is 3.51. The number of para-hydroxylation sites is 1. The zero-order chi connectivity index (χ0) is 13.1. The van der Waals surface area contributed by atoms with Gasteiger partial charge in [0.2, 0.25) is 0 Å². The maximum absolute atomic E-state index is 4.58. The Morgan fingerprint density at radius 1 is 1.32 bits per heavy atom. The van der Waals surface area contributed by atoms with E-state index in [1.165, 1.54) is 17.7 Å². The molecule has 0 aliphatic carbocycles. The van der Waals surface area contributed by atoms with Gasteiger partial charge in [0, 0.05) is 23.5 Å². The van der Waals surface area contributed by atoms with E-state index in [1.54, 1.807) is 11.3 Å². The van der Waals surface area contributed by atoms with Crippen molar-refractivity contribution in [2.24, 2.45) is 0 Å². The van der Waals surface area contributed by atoms with Crippen LogP contribution in [-0.4, -0.2) is 9.38 Å². The summed E-state index contributed by atoms with van der Waals surface area (Å²) in [5.41, 5.74) is 3.69. The minimum absolute atomic E-state index is 0.773. The summed E-state index contributed by atoms with van der Waals surface area (Å²) in [4.78, 5) is 5.64. The molecule has 0 unspecified atom stereocenters. The smallest absolute Gasteiger partial charge is 0.193 e. The first-order valence-electron chi connectivity index (χ1n) is 6.59. The van der Waals surface area contributed by atoms with Gasteiger partial charge in [0.25, 0.3) is 0 Å². The highest BCUT2D eigenvalue weighted by molar-refractivity contribution is 7.15. The number of nitrogens with one attached hydrogen (secondary N) is 1. The first-order valence-corrected chi connectivity index (χ1v) is 7.47. The first-order chi connectivity index (χ1) is 9.36. The van der Waals surface area contributed by atoms with Crippen LogP contribution in [0.5, 0.6) is 0 Å². The second kappa shape index (κ2) is 5.45. The van der Waals surface area contributed by atoms with Crippen molar-refractivity contribution in [3.8, 4) is 0 Å². The maximum Gasteiger partial charge on any atom is 0.193 e. The lowest BCUT2D eigenvalue weighted by Gasteiger charge is -2.10. The van der Waals surface area contributed by atoms with Crippen LogP contribution in [0, 0.1) is 0 Å². The molecule has 19 heavy (non-hydrogen) atoms. The van der Waals surface area contributed by atoms with Crippen LogP contribution < -0.4 is 5.32 Å². The summed E-state index contributed by atoms with van der Waals surface area (Å²) >= 11 is 1.67. The number of benzene rings is 1. The summed E-state index contributed by atoms with van der Waals surface area (Å²) in [6.07, 6.45) is 6.41. The number of aryl methyl sites for hydroxylation is 1. The standard InChI is InChI=1S/C15H17N3S/c1-2-5-12-6-3-4-7-14(12)16-10-13-11-18-8-9-19-15(18)17-13/h3-4,6-9,11,16H,2,5,10H2,1H3. The molecule has 0 saturated heterocycles. The average molecular weight is 271 g/mol. The Bertz CT molecular complexity index is 640.